The van der Waals surface area contributed by atoms with Crippen LogP contribution in [0.3, 0.4) is 0 Å². The zero-order valence-corrected chi connectivity index (χ0v) is 7.29. The van der Waals surface area contributed by atoms with Gasteiger partial charge in [0.1, 0.15) is 6.04 Å². The molecular formula is C9H15NO2. The first-order valence-corrected chi connectivity index (χ1v) is 4.34. The lowest BCUT2D eigenvalue weighted by Crippen LogP contribution is -2.41. The van der Waals surface area contributed by atoms with Crippen molar-refractivity contribution in [1.29, 1.82) is 0 Å². The zero-order chi connectivity index (χ0) is 8.97. The Balaban J connectivity index is 2.30. The van der Waals surface area contributed by atoms with Crippen LogP contribution in [0.25, 0.3) is 0 Å². The average molecular weight is 169 g/mol. The van der Waals surface area contributed by atoms with E-state index in [0.717, 1.165) is 19.3 Å². The van der Waals surface area contributed by atoms with Gasteiger partial charge in [-0.3, -0.25) is 4.79 Å². The Hall–Kier alpha value is -0.830. The third kappa shape index (κ3) is 2.66. The van der Waals surface area contributed by atoms with Crippen molar-refractivity contribution >= 4 is 5.97 Å². The number of rotatable bonds is 3. The molecule has 0 saturated heterocycles. The monoisotopic (exact) mass is 169 g/mol. The van der Waals surface area contributed by atoms with Gasteiger partial charge >= 0.3 is 5.97 Å². The summed E-state index contributed by atoms with van der Waals surface area (Å²) in [5, 5.41) is 11.7. The normalized spacial score (nSPS) is 25.2. The first kappa shape index (κ1) is 9.26. The Bertz CT molecular complexity index is 189. The molecular weight excluding hydrogens is 154 g/mol. The van der Waals surface area contributed by atoms with Crippen LogP contribution in [0, 0.1) is 0 Å². The van der Waals surface area contributed by atoms with Gasteiger partial charge < -0.3 is 10.4 Å². The van der Waals surface area contributed by atoms with Gasteiger partial charge in [-0.1, -0.05) is 12.2 Å². The van der Waals surface area contributed by atoms with Gasteiger partial charge in [0.05, 0.1) is 0 Å². The Morgan fingerprint density at radius 2 is 2.42 bits per heavy atom. The number of carbonyl (C=O) groups is 1. The summed E-state index contributed by atoms with van der Waals surface area (Å²) in [7, 11) is 0. The molecule has 0 aromatic heterocycles. The fraction of sp³-hybridized carbons (Fsp3) is 0.667. The van der Waals surface area contributed by atoms with Crippen LogP contribution < -0.4 is 5.32 Å². The van der Waals surface area contributed by atoms with E-state index in [-0.39, 0.29) is 0 Å². The first-order valence-electron chi connectivity index (χ1n) is 4.34. The second kappa shape index (κ2) is 4.26. The van der Waals surface area contributed by atoms with E-state index in [1.807, 2.05) is 0 Å². The van der Waals surface area contributed by atoms with Crippen LogP contribution in [0.1, 0.15) is 26.2 Å². The number of aliphatic carboxylic acids is 1. The minimum Gasteiger partial charge on any atom is -0.480 e. The molecule has 0 heterocycles. The Kier molecular flexibility index (Phi) is 3.29. The van der Waals surface area contributed by atoms with Crippen molar-refractivity contribution in [2.75, 3.05) is 0 Å². The molecule has 0 radical (unpaired) electrons. The average Bonchev–Trinajstić information content (AvgIpc) is 2.06. The summed E-state index contributed by atoms with van der Waals surface area (Å²) in [5.41, 5.74) is 0. The van der Waals surface area contributed by atoms with Crippen LogP contribution in [0.2, 0.25) is 0 Å². The van der Waals surface area contributed by atoms with E-state index in [4.69, 9.17) is 5.11 Å². The Morgan fingerprint density at radius 3 is 2.92 bits per heavy atom. The molecule has 1 aliphatic carbocycles. The van der Waals surface area contributed by atoms with Crippen molar-refractivity contribution in [1.82, 2.24) is 5.32 Å². The van der Waals surface area contributed by atoms with Gasteiger partial charge in [-0.05, 0) is 26.2 Å². The number of hydrogen-bond donors (Lipinski definition) is 2. The van der Waals surface area contributed by atoms with Crippen LogP contribution in [0.5, 0.6) is 0 Å². The van der Waals surface area contributed by atoms with E-state index in [1.54, 1.807) is 6.92 Å². The van der Waals surface area contributed by atoms with E-state index in [1.165, 1.54) is 0 Å². The lowest BCUT2D eigenvalue weighted by atomic mass is 10.0. The molecule has 3 nitrogen and oxygen atoms in total. The van der Waals surface area contributed by atoms with Crippen LogP contribution >= 0.6 is 0 Å². The van der Waals surface area contributed by atoms with Gasteiger partial charge in [0, 0.05) is 6.04 Å². The van der Waals surface area contributed by atoms with Crippen molar-refractivity contribution in [2.45, 2.75) is 38.3 Å². The number of carboxylic acids is 1. The lowest BCUT2D eigenvalue weighted by Gasteiger charge is -2.21. The van der Waals surface area contributed by atoms with Gasteiger partial charge in [-0.15, -0.1) is 0 Å². The highest BCUT2D eigenvalue weighted by Gasteiger charge is 2.16. The van der Waals surface area contributed by atoms with Gasteiger partial charge in [0.2, 0.25) is 0 Å². The lowest BCUT2D eigenvalue weighted by molar-refractivity contribution is -0.139. The van der Waals surface area contributed by atoms with E-state index in [9.17, 15) is 4.79 Å². The summed E-state index contributed by atoms with van der Waals surface area (Å²) < 4.78 is 0. The molecule has 1 unspecified atom stereocenters. The first-order chi connectivity index (χ1) is 5.70. The summed E-state index contributed by atoms with van der Waals surface area (Å²) in [6.07, 6.45) is 7.31. The van der Waals surface area contributed by atoms with Gasteiger partial charge in [-0.2, -0.15) is 0 Å². The van der Waals surface area contributed by atoms with E-state index < -0.39 is 12.0 Å². The Labute approximate surface area is 72.5 Å². The Morgan fingerprint density at radius 1 is 1.67 bits per heavy atom. The molecule has 0 aromatic carbocycles. The second-order valence-electron chi connectivity index (χ2n) is 3.21. The number of allylic oxidation sites excluding steroid dienone is 1. The van der Waals surface area contributed by atoms with Crippen molar-refractivity contribution in [2.24, 2.45) is 0 Å². The third-order valence-corrected chi connectivity index (χ3v) is 2.13. The maximum absolute atomic E-state index is 10.5. The predicted octanol–water partition coefficient (Wildman–Crippen LogP) is 1.16. The molecule has 0 fully saturated rings. The fourth-order valence-electron chi connectivity index (χ4n) is 1.37. The highest BCUT2D eigenvalue weighted by atomic mass is 16.4. The second-order valence-corrected chi connectivity index (χ2v) is 3.21. The van der Waals surface area contributed by atoms with Crippen molar-refractivity contribution in [3.63, 3.8) is 0 Å². The molecule has 0 spiro atoms. The van der Waals surface area contributed by atoms with Gasteiger partial charge in [-0.25, -0.2) is 0 Å². The summed E-state index contributed by atoms with van der Waals surface area (Å²) in [6.45, 7) is 1.68. The molecule has 0 saturated carbocycles. The summed E-state index contributed by atoms with van der Waals surface area (Å²) in [5.74, 6) is -0.774. The maximum atomic E-state index is 10.5. The molecule has 0 aromatic rings. The molecule has 2 N–H and O–H groups in total. The molecule has 3 heteroatoms. The minimum atomic E-state index is -0.774. The van der Waals surface area contributed by atoms with E-state index in [2.05, 4.69) is 17.5 Å². The maximum Gasteiger partial charge on any atom is 0.320 e. The quantitative estimate of drug-likeness (QED) is 0.623. The molecule has 0 bridgehead atoms. The van der Waals surface area contributed by atoms with Crippen molar-refractivity contribution in [3.8, 4) is 0 Å². The third-order valence-electron chi connectivity index (χ3n) is 2.13. The number of nitrogens with one attached hydrogen (secondary N) is 1. The standard InChI is InChI=1S/C9H15NO2/c1-7(9(11)12)10-8-5-3-2-4-6-8/h2-3,7-8,10H,4-6H2,1H3,(H,11,12)/t7-,8?/m0/s1. The fourth-order valence-corrected chi connectivity index (χ4v) is 1.37. The van der Waals surface area contributed by atoms with E-state index >= 15 is 0 Å². The zero-order valence-electron chi connectivity index (χ0n) is 7.29. The topological polar surface area (TPSA) is 49.3 Å². The van der Waals surface area contributed by atoms with Crippen molar-refractivity contribution in [3.05, 3.63) is 12.2 Å². The SMILES string of the molecule is C[C@H](NC1CC=CCC1)C(=O)O. The van der Waals surface area contributed by atoms with Crippen molar-refractivity contribution < 1.29 is 9.90 Å². The molecule has 68 valence electrons. The largest absolute Gasteiger partial charge is 0.480 e. The highest BCUT2D eigenvalue weighted by Crippen LogP contribution is 2.10. The summed E-state index contributed by atoms with van der Waals surface area (Å²) >= 11 is 0. The van der Waals surface area contributed by atoms with Crippen LogP contribution in [0.4, 0.5) is 0 Å². The predicted molar refractivity (Wildman–Crippen MR) is 47.0 cm³/mol. The van der Waals surface area contributed by atoms with E-state index in [0.29, 0.717) is 6.04 Å². The smallest absolute Gasteiger partial charge is 0.320 e. The summed E-state index contributed by atoms with van der Waals surface area (Å²) in [4.78, 5) is 10.5. The molecule has 2 atom stereocenters. The minimum absolute atomic E-state index is 0.348. The highest BCUT2D eigenvalue weighted by molar-refractivity contribution is 5.72. The number of hydrogen-bond acceptors (Lipinski definition) is 2. The van der Waals surface area contributed by atoms with Gasteiger partial charge in [0.25, 0.3) is 0 Å². The molecule has 0 amide bonds. The molecule has 1 aliphatic rings. The summed E-state index contributed by atoms with van der Waals surface area (Å²) in [6, 6.07) is -0.0809. The molecule has 12 heavy (non-hydrogen) atoms. The van der Waals surface area contributed by atoms with Crippen LogP contribution in [-0.2, 0) is 4.79 Å². The van der Waals surface area contributed by atoms with Crippen LogP contribution in [-0.4, -0.2) is 23.2 Å². The molecule has 0 aliphatic heterocycles. The van der Waals surface area contributed by atoms with Gasteiger partial charge in [0.15, 0.2) is 0 Å². The van der Waals surface area contributed by atoms with Crippen LogP contribution in [0.15, 0.2) is 12.2 Å². The molecule has 1 rings (SSSR count). The number of carboxylic acid groups (broad SMARTS) is 1.